The molecule has 0 saturated carbocycles. The van der Waals surface area contributed by atoms with Crippen LogP contribution in [-0.4, -0.2) is 4.57 Å². The lowest BCUT2D eigenvalue weighted by Crippen LogP contribution is -2.08. The summed E-state index contributed by atoms with van der Waals surface area (Å²) in [5.74, 6) is 1.13. The van der Waals surface area contributed by atoms with Crippen LogP contribution in [0, 0.1) is 11.3 Å². The Morgan fingerprint density at radius 2 is 2.05 bits per heavy atom. The van der Waals surface area contributed by atoms with Crippen molar-refractivity contribution in [2.75, 3.05) is 5.73 Å². The number of nitrogens with two attached hydrogens (primary N) is 1. The number of benzene rings is 1. The van der Waals surface area contributed by atoms with Gasteiger partial charge in [0, 0.05) is 17.1 Å². The van der Waals surface area contributed by atoms with Crippen molar-refractivity contribution in [3.63, 3.8) is 0 Å². The fourth-order valence-electron chi connectivity index (χ4n) is 1.96. The smallest absolute Gasteiger partial charge is 0.224 e. The monoisotopic (exact) mass is 289 g/mol. The highest BCUT2D eigenvalue weighted by molar-refractivity contribution is 6.30. The average molecular weight is 290 g/mol. The molecule has 2 N–H and O–H groups in total. The van der Waals surface area contributed by atoms with Crippen LogP contribution in [0.2, 0.25) is 5.02 Å². The van der Waals surface area contributed by atoms with Gasteiger partial charge in [-0.05, 0) is 37.6 Å². The number of nitrogen functional groups attached to an aromatic ring is 1. The van der Waals surface area contributed by atoms with Gasteiger partial charge < -0.3 is 10.5 Å². The lowest BCUT2D eigenvalue weighted by Gasteiger charge is -2.17. The normalized spacial score (nSPS) is 11.9. The van der Waals surface area contributed by atoms with Gasteiger partial charge in [-0.15, -0.1) is 0 Å². The number of nitriles is 1. The molecule has 2 rings (SSSR count). The fourth-order valence-corrected chi connectivity index (χ4v) is 2.08. The summed E-state index contributed by atoms with van der Waals surface area (Å²) in [5, 5.41) is 9.84. The third-order valence-electron chi connectivity index (χ3n) is 3.19. The molecular formula is C15H16ClN3O. The largest absolute Gasteiger partial charge is 0.439 e. The zero-order chi connectivity index (χ0) is 14.7. The summed E-state index contributed by atoms with van der Waals surface area (Å²) in [5.41, 5.74) is 6.92. The van der Waals surface area contributed by atoms with Crippen LogP contribution in [0.4, 0.5) is 5.69 Å². The number of aromatic nitrogens is 1. The van der Waals surface area contributed by atoms with Gasteiger partial charge in [-0.25, -0.2) is 0 Å². The van der Waals surface area contributed by atoms with Crippen LogP contribution in [0.25, 0.3) is 0 Å². The molecule has 1 atom stereocenters. The van der Waals surface area contributed by atoms with Crippen molar-refractivity contribution in [1.82, 2.24) is 4.57 Å². The molecule has 4 nitrogen and oxygen atoms in total. The molecule has 104 valence electrons. The van der Waals surface area contributed by atoms with E-state index in [9.17, 15) is 5.26 Å². The van der Waals surface area contributed by atoms with E-state index in [0.717, 1.165) is 6.42 Å². The number of anilines is 1. The third-order valence-corrected chi connectivity index (χ3v) is 3.44. The quantitative estimate of drug-likeness (QED) is 0.909. The zero-order valence-electron chi connectivity index (χ0n) is 11.4. The van der Waals surface area contributed by atoms with Gasteiger partial charge in [0.2, 0.25) is 5.88 Å². The van der Waals surface area contributed by atoms with Crippen LogP contribution in [0.1, 0.15) is 32.0 Å². The first-order valence-electron chi connectivity index (χ1n) is 6.41. The average Bonchev–Trinajstić information content (AvgIpc) is 2.77. The Hall–Kier alpha value is -2.12. The number of halogens is 1. The van der Waals surface area contributed by atoms with Crippen LogP contribution in [0.5, 0.6) is 11.6 Å². The summed E-state index contributed by atoms with van der Waals surface area (Å²) in [6, 6.07) is 10.9. The van der Waals surface area contributed by atoms with Gasteiger partial charge in [-0.2, -0.15) is 5.26 Å². The summed E-state index contributed by atoms with van der Waals surface area (Å²) >= 11 is 5.85. The highest BCUT2D eigenvalue weighted by atomic mass is 35.5. The van der Waals surface area contributed by atoms with Crippen LogP contribution < -0.4 is 10.5 Å². The van der Waals surface area contributed by atoms with E-state index in [0.29, 0.717) is 28.0 Å². The van der Waals surface area contributed by atoms with Crippen molar-refractivity contribution in [1.29, 1.82) is 5.26 Å². The molecule has 0 unspecified atom stereocenters. The molecule has 0 amide bonds. The molecule has 0 aliphatic rings. The van der Waals surface area contributed by atoms with Crippen molar-refractivity contribution in [2.45, 2.75) is 26.3 Å². The Morgan fingerprint density at radius 3 is 2.60 bits per heavy atom. The highest BCUT2D eigenvalue weighted by Gasteiger charge is 2.18. The number of hydrogen-bond donors (Lipinski definition) is 1. The second kappa shape index (κ2) is 5.89. The third kappa shape index (κ3) is 2.73. The van der Waals surface area contributed by atoms with E-state index in [1.165, 1.54) is 0 Å². The van der Waals surface area contributed by atoms with Crippen molar-refractivity contribution in [3.05, 3.63) is 41.0 Å². The number of nitrogens with zero attached hydrogens (tertiary/aromatic N) is 2. The molecule has 0 radical (unpaired) electrons. The van der Waals surface area contributed by atoms with Gasteiger partial charge in [0.25, 0.3) is 0 Å². The van der Waals surface area contributed by atoms with Crippen molar-refractivity contribution in [2.24, 2.45) is 0 Å². The van der Waals surface area contributed by atoms with Gasteiger partial charge in [0.05, 0.1) is 5.69 Å². The maximum Gasteiger partial charge on any atom is 0.224 e. The molecule has 0 saturated heterocycles. The van der Waals surface area contributed by atoms with Crippen molar-refractivity contribution < 1.29 is 4.74 Å². The van der Waals surface area contributed by atoms with Crippen molar-refractivity contribution in [3.8, 4) is 17.7 Å². The minimum atomic E-state index is 0.129. The van der Waals surface area contributed by atoms with E-state index < -0.39 is 0 Å². The molecule has 0 spiro atoms. The molecule has 20 heavy (non-hydrogen) atoms. The maximum atomic E-state index is 9.20. The lowest BCUT2D eigenvalue weighted by atomic mass is 10.2. The Balaban J connectivity index is 2.43. The van der Waals surface area contributed by atoms with Gasteiger partial charge in [-0.3, -0.25) is 4.57 Å². The van der Waals surface area contributed by atoms with E-state index in [1.807, 2.05) is 18.4 Å². The standard InChI is InChI=1S/C15H16ClN3O/c1-3-10(2)19-12(9-17)8-14(18)15(19)20-13-6-4-11(16)5-7-13/h4-8,10H,3,18H2,1-2H3/t10-/m1/s1. The predicted octanol–water partition coefficient (Wildman–Crippen LogP) is 4.36. The zero-order valence-corrected chi connectivity index (χ0v) is 12.2. The first-order valence-corrected chi connectivity index (χ1v) is 6.78. The molecule has 0 fully saturated rings. The molecule has 5 heteroatoms. The summed E-state index contributed by atoms with van der Waals surface area (Å²) in [4.78, 5) is 0. The maximum absolute atomic E-state index is 9.20. The van der Waals surface area contributed by atoms with E-state index in [2.05, 4.69) is 6.07 Å². The molecule has 0 aliphatic carbocycles. The van der Waals surface area contributed by atoms with Crippen LogP contribution >= 0.6 is 11.6 Å². The van der Waals surface area contributed by atoms with Gasteiger partial charge in [0.15, 0.2) is 0 Å². The minimum Gasteiger partial charge on any atom is -0.439 e. The Kier molecular flexibility index (Phi) is 4.21. The summed E-state index contributed by atoms with van der Waals surface area (Å²) in [7, 11) is 0. The van der Waals surface area contributed by atoms with Gasteiger partial charge >= 0.3 is 0 Å². The molecular weight excluding hydrogens is 274 g/mol. The lowest BCUT2D eigenvalue weighted by molar-refractivity contribution is 0.398. The first-order chi connectivity index (χ1) is 9.56. The number of rotatable bonds is 4. The highest BCUT2D eigenvalue weighted by Crippen LogP contribution is 2.35. The summed E-state index contributed by atoms with van der Waals surface area (Å²) < 4.78 is 7.65. The topological polar surface area (TPSA) is 64.0 Å². The number of hydrogen-bond acceptors (Lipinski definition) is 3. The molecule has 2 aromatic rings. The second-order valence-corrected chi connectivity index (χ2v) is 5.02. The summed E-state index contributed by atoms with van der Waals surface area (Å²) in [6.45, 7) is 4.07. The number of ether oxygens (including phenoxy) is 1. The first kappa shape index (κ1) is 14.3. The van der Waals surface area contributed by atoms with Crippen molar-refractivity contribution >= 4 is 17.3 Å². The van der Waals surface area contributed by atoms with Gasteiger partial charge in [0.1, 0.15) is 17.5 Å². The van der Waals surface area contributed by atoms with Crippen LogP contribution in [0.3, 0.4) is 0 Å². The Labute approximate surface area is 123 Å². The molecule has 1 aromatic carbocycles. The summed E-state index contributed by atoms with van der Waals surface area (Å²) in [6.07, 6.45) is 0.875. The van der Waals surface area contributed by atoms with E-state index in [1.54, 1.807) is 30.3 Å². The van der Waals surface area contributed by atoms with Crippen LogP contribution in [0.15, 0.2) is 30.3 Å². The van der Waals surface area contributed by atoms with E-state index >= 15 is 0 Å². The fraction of sp³-hybridized carbons (Fsp3) is 0.267. The predicted molar refractivity (Wildman–Crippen MR) is 80.1 cm³/mol. The SMILES string of the molecule is CC[C@@H](C)n1c(C#N)cc(N)c1Oc1ccc(Cl)cc1. The van der Waals surface area contributed by atoms with E-state index in [-0.39, 0.29) is 6.04 Å². The van der Waals surface area contributed by atoms with E-state index in [4.69, 9.17) is 22.1 Å². The second-order valence-electron chi connectivity index (χ2n) is 4.59. The Morgan fingerprint density at radius 1 is 1.40 bits per heavy atom. The molecule has 1 heterocycles. The molecule has 0 bridgehead atoms. The molecule has 0 aliphatic heterocycles. The minimum absolute atomic E-state index is 0.129. The van der Waals surface area contributed by atoms with Crippen LogP contribution in [-0.2, 0) is 0 Å². The van der Waals surface area contributed by atoms with Gasteiger partial charge in [-0.1, -0.05) is 18.5 Å². The Bertz CT molecular complexity index is 640. The molecule has 1 aromatic heterocycles.